The second-order valence-electron chi connectivity index (χ2n) is 8.11. The molecule has 0 aliphatic carbocycles. The average molecular weight is 519 g/mol. The van der Waals surface area contributed by atoms with Crippen LogP contribution < -0.4 is 19.5 Å². The average Bonchev–Trinajstić information content (AvgIpc) is 3.15. The van der Waals surface area contributed by atoms with Crippen molar-refractivity contribution in [3.63, 3.8) is 0 Å². The van der Waals surface area contributed by atoms with Crippen LogP contribution in [0.4, 0.5) is 10.5 Å². The first-order valence-electron chi connectivity index (χ1n) is 11.5. The number of carbonyl (C=O) groups excluding carboxylic acids is 3. The number of hydrogen-bond acceptors (Lipinski definition) is 7. The van der Waals surface area contributed by atoms with E-state index in [1.165, 1.54) is 0 Å². The summed E-state index contributed by atoms with van der Waals surface area (Å²) < 4.78 is 16.6. The van der Waals surface area contributed by atoms with Crippen LogP contribution in [-0.2, 0) is 9.59 Å². The summed E-state index contributed by atoms with van der Waals surface area (Å²) >= 11 is 0.870. The molecular formula is C28H26N2O6S. The fourth-order valence-corrected chi connectivity index (χ4v) is 4.46. The van der Waals surface area contributed by atoms with Gasteiger partial charge in [-0.2, -0.15) is 0 Å². The number of carbonyl (C=O) groups is 3. The van der Waals surface area contributed by atoms with Crippen LogP contribution in [0, 0.1) is 6.92 Å². The standard InChI is InChI=1S/C28H26N2O6S/c1-19-7-5-9-21(15-19)29-26(31)18-36-22-10-6-8-20(16-22)17-25-27(32)30(28(33)37-25)13-14-35-24-12-4-3-11-23(24)34-2/h3-12,15-17H,13-14,18H2,1-2H3,(H,29,31)/b25-17-. The predicted octanol–water partition coefficient (Wildman–Crippen LogP) is 5.14. The molecule has 37 heavy (non-hydrogen) atoms. The first-order chi connectivity index (χ1) is 17.9. The summed E-state index contributed by atoms with van der Waals surface area (Å²) in [7, 11) is 1.55. The van der Waals surface area contributed by atoms with E-state index in [0.29, 0.717) is 33.4 Å². The number of rotatable bonds is 10. The molecule has 0 saturated carbocycles. The summed E-state index contributed by atoms with van der Waals surface area (Å²) in [5.74, 6) is 0.913. The van der Waals surface area contributed by atoms with Gasteiger partial charge in [0, 0.05) is 5.69 Å². The molecule has 1 N–H and O–H groups in total. The maximum atomic E-state index is 12.8. The zero-order valence-corrected chi connectivity index (χ0v) is 21.2. The van der Waals surface area contributed by atoms with Crippen LogP contribution in [0.2, 0.25) is 0 Å². The molecule has 1 fully saturated rings. The number of nitrogens with zero attached hydrogens (tertiary/aromatic N) is 1. The van der Waals surface area contributed by atoms with Gasteiger partial charge in [-0.05, 0) is 72.3 Å². The summed E-state index contributed by atoms with van der Waals surface area (Å²) in [6.45, 7) is 2.03. The topological polar surface area (TPSA) is 94.2 Å². The number of para-hydroxylation sites is 2. The van der Waals surface area contributed by atoms with Gasteiger partial charge in [0.05, 0.1) is 18.6 Å². The molecule has 0 spiro atoms. The van der Waals surface area contributed by atoms with Crippen LogP contribution in [-0.4, -0.2) is 48.8 Å². The summed E-state index contributed by atoms with van der Waals surface area (Å²) in [6.07, 6.45) is 1.63. The highest BCUT2D eigenvalue weighted by Gasteiger charge is 2.34. The minimum atomic E-state index is -0.387. The number of amides is 3. The molecule has 0 bridgehead atoms. The van der Waals surface area contributed by atoms with Gasteiger partial charge in [-0.1, -0.05) is 36.4 Å². The Labute approximate surface area is 219 Å². The lowest BCUT2D eigenvalue weighted by atomic mass is 10.2. The van der Waals surface area contributed by atoms with Crippen molar-refractivity contribution in [2.75, 3.05) is 32.2 Å². The zero-order chi connectivity index (χ0) is 26.2. The van der Waals surface area contributed by atoms with E-state index in [2.05, 4.69) is 5.32 Å². The van der Waals surface area contributed by atoms with Gasteiger partial charge in [0.2, 0.25) is 0 Å². The minimum absolute atomic E-state index is 0.110. The Morgan fingerprint density at radius 1 is 0.973 bits per heavy atom. The third-order valence-electron chi connectivity index (χ3n) is 5.34. The number of methoxy groups -OCH3 is 1. The predicted molar refractivity (Wildman–Crippen MR) is 143 cm³/mol. The van der Waals surface area contributed by atoms with Crippen molar-refractivity contribution in [1.29, 1.82) is 0 Å². The third-order valence-corrected chi connectivity index (χ3v) is 6.25. The molecule has 8 nitrogen and oxygen atoms in total. The molecule has 0 unspecified atom stereocenters. The maximum absolute atomic E-state index is 12.8. The van der Waals surface area contributed by atoms with E-state index in [4.69, 9.17) is 14.2 Å². The number of thioether (sulfide) groups is 1. The van der Waals surface area contributed by atoms with Gasteiger partial charge >= 0.3 is 0 Å². The molecule has 3 aromatic rings. The lowest BCUT2D eigenvalue weighted by molar-refractivity contribution is -0.123. The van der Waals surface area contributed by atoms with Crippen molar-refractivity contribution in [3.8, 4) is 17.2 Å². The van der Waals surface area contributed by atoms with Crippen LogP contribution in [0.1, 0.15) is 11.1 Å². The van der Waals surface area contributed by atoms with Crippen molar-refractivity contribution in [3.05, 3.63) is 88.8 Å². The van der Waals surface area contributed by atoms with E-state index in [0.717, 1.165) is 22.2 Å². The molecular weight excluding hydrogens is 492 g/mol. The molecule has 4 rings (SSSR count). The summed E-state index contributed by atoms with van der Waals surface area (Å²) in [5, 5.41) is 2.43. The Morgan fingerprint density at radius 2 is 1.76 bits per heavy atom. The molecule has 3 aromatic carbocycles. The van der Waals surface area contributed by atoms with Crippen molar-refractivity contribution in [2.24, 2.45) is 0 Å². The zero-order valence-electron chi connectivity index (χ0n) is 20.4. The van der Waals surface area contributed by atoms with E-state index in [1.54, 1.807) is 49.6 Å². The van der Waals surface area contributed by atoms with Gasteiger partial charge in [0.15, 0.2) is 18.1 Å². The lowest BCUT2D eigenvalue weighted by Gasteiger charge is -2.14. The number of ether oxygens (including phenoxy) is 3. The molecule has 1 aliphatic rings. The molecule has 1 saturated heterocycles. The number of nitrogens with one attached hydrogen (secondary N) is 1. The van der Waals surface area contributed by atoms with Crippen molar-refractivity contribution in [1.82, 2.24) is 4.90 Å². The van der Waals surface area contributed by atoms with E-state index in [1.807, 2.05) is 43.3 Å². The molecule has 1 heterocycles. The second kappa shape index (κ2) is 12.1. The van der Waals surface area contributed by atoms with Crippen molar-refractivity contribution >= 4 is 40.6 Å². The highest BCUT2D eigenvalue weighted by Crippen LogP contribution is 2.33. The Balaban J connectivity index is 1.33. The monoisotopic (exact) mass is 518 g/mol. The van der Waals surface area contributed by atoms with Gasteiger partial charge < -0.3 is 19.5 Å². The Kier molecular flexibility index (Phi) is 8.48. The number of imide groups is 1. The summed E-state index contributed by atoms with van der Waals surface area (Å²) in [4.78, 5) is 39.0. The van der Waals surface area contributed by atoms with E-state index >= 15 is 0 Å². The van der Waals surface area contributed by atoms with Crippen LogP contribution in [0.15, 0.2) is 77.7 Å². The first kappa shape index (κ1) is 25.8. The third kappa shape index (κ3) is 6.92. The minimum Gasteiger partial charge on any atom is -0.493 e. The second-order valence-corrected chi connectivity index (χ2v) is 9.10. The smallest absolute Gasteiger partial charge is 0.293 e. The summed E-state index contributed by atoms with van der Waals surface area (Å²) in [6, 6.07) is 21.6. The Morgan fingerprint density at radius 3 is 2.54 bits per heavy atom. The largest absolute Gasteiger partial charge is 0.493 e. The van der Waals surface area contributed by atoms with Crippen molar-refractivity contribution in [2.45, 2.75) is 6.92 Å². The maximum Gasteiger partial charge on any atom is 0.293 e. The van der Waals surface area contributed by atoms with Crippen molar-refractivity contribution < 1.29 is 28.6 Å². The van der Waals surface area contributed by atoms with Gasteiger partial charge in [0.1, 0.15) is 12.4 Å². The van der Waals surface area contributed by atoms with E-state index in [-0.39, 0.29) is 36.8 Å². The molecule has 0 radical (unpaired) electrons. The van der Waals surface area contributed by atoms with Crippen LogP contribution in [0.25, 0.3) is 6.08 Å². The lowest BCUT2D eigenvalue weighted by Crippen LogP contribution is -2.32. The highest BCUT2D eigenvalue weighted by atomic mass is 32.2. The summed E-state index contributed by atoms with van der Waals surface area (Å²) in [5.41, 5.74) is 2.42. The molecule has 190 valence electrons. The number of anilines is 1. The quantitative estimate of drug-likeness (QED) is 0.372. The van der Waals surface area contributed by atoms with E-state index in [9.17, 15) is 14.4 Å². The molecule has 1 aliphatic heterocycles. The SMILES string of the molecule is COc1ccccc1OCCN1C(=O)S/C(=C\c2cccc(OCC(=O)Nc3cccc(C)c3)c2)C1=O. The van der Waals surface area contributed by atoms with Gasteiger partial charge in [-0.3, -0.25) is 19.3 Å². The van der Waals surface area contributed by atoms with E-state index < -0.39 is 0 Å². The van der Waals surface area contributed by atoms with Gasteiger partial charge in [-0.25, -0.2) is 0 Å². The number of hydrogen-bond donors (Lipinski definition) is 1. The number of benzene rings is 3. The Bertz CT molecular complexity index is 1340. The normalized spacial score (nSPS) is 14.1. The first-order valence-corrected chi connectivity index (χ1v) is 12.3. The molecule has 0 atom stereocenters. The van der Waals surface area contributed by atoms with Gasteiger partial charge in [0.25, 0.3) is 17.1 Å². The fourth-order valence-electron chi connectivity index (χ4n) is 3.59. The van der Waals surface area contributed by atoms with Crippen LogP contribution in [0.3, 0.4) is 0 Å². The number of aryl methyl sites for hydroxylation is 1. The highest BCUT2D eigenvalue weighted by molar-refractivity contribution is 8.18. The fraction of sp³-hybridized carbons (Fsp3) is 0.179. The molecule has 0 aromatic heterocycles. The molecule has 9 heteroatoms. The van der Waals surface area contributed by atoms with Crippen LogP contribution in [0.5, 0.6) is 17.2 Å². The molecule has 3 amide bonds. The van der Waals surface area contributed by atoms with Gasteiger partial charge in [-0.15, -0.1) is 0 Å². The van der Waals surface area contributed by atoms with Crippen LogP contribution >= 0.6 is 11.8 Å². The Hall–Kier alpha value is -4.24.